The van der Waals surface area contributed by atoms with Crippen molar-refractivity contribution in [1.82, 2.24) is 14.3 Å². The van der Waals surface area contributed by atoms with Crippen LogP contribution < -0.4 is 21.9 Å². The molecule has 2 unspecified atom stereocenters. The van der Waals surface area contributed by atoms with Crippen molar-refractivity contribution in [3.05, 3.63) is 20.8 Å². The van der Waals surface area contributed by atoms with Gasteiger partial charge in [-0.3, -0.25) is 9.36 Å². The summed E-state index contributed by atoms with van der Waals surface area (Å²) in [6.07, 6.45) is 0.828. The van der Waals surface area contributed by atoms with Crippen molar-refractivity contribution in [2.45, 2.75) is 19.4 Å². The van der Waals surface area contributed by atoms with Crippen molar-refractivity contribution in [3.63, 3.8) is 0 Å². The van der Waals surface area contributed by atoms with E-state index in [9.17, 15) is 9.59 Å². The first kappa shape index (κ1) is 12.8. The van der Waals surface area contributed by atoms with Gasteiger partial charge in [-0.25, -0.2) is 9.48 Å². The third kappa shape index (κ3) is 2.05. The second kappa shape index (κ2) is 4.56. The van der Waals surface area contributed by atoms with Crippen LogP contribution in [0.3, 0.4) is 0 Å². The smallest absolute Gasteiger partial charge is 0.346 e. The Hall–Kier alpha value is -1.63. The molecule has 1 saturated heterocycles. The lowest BCUT2D eigenvalue weighted by molar-refractivity contribution is 0.378. The number of piperidine rings is 1. The molecule has 2 N–H and O–H groups in total. The maximum Gasteiger partial charge on any atom is 0.346 e. The summed E-state index contributed by atoms with van der Waals surface area (Å²) in [4.78, 5) is 25.5. The molecule has 0 aliphatic carbocycles. The summed E-state index contributed by atoms with van der Waals surface area (Å²) in [5.74, 6) is 0.640. The van der Waals surface area contributed by atoms with Gasteiger partial charge in [-0.2, -0.15) is 0 Å². The maximum absolute atomic E-state index is 12.0. The number of hydrogen-bond acceptors (Lipinski definition) is 5. The third-order valence-electron chi connectivity index (χ3n) is 3.58. The van der Waals surface area contributed by atoms with Crippen LogP contribution in [0.4, 0.5) is 5.82 Å². The normalized spacial score (nSPS) is 24.3. The van der Waals surface area contributed by atoms with E-state index in [-0.39, 0.29) is 11.6 Å². The van der Waals surface area contributed by atoms with Gasteiger partial charge in [0, 0.05) is 33.2 Å². The molecule has 2 rings (SSSR count). The van der Waals surface area contributed by atoms with Crippen LogP contribution in [0.25, 0.3) is 0 Å². The molecule has 0 aromatic carbocycles. The number of nitrogens with two attached hydrogens (primary N) is 1. The summed E-state index contributed by atoms with van der Waals surface area (Å²) in [6.45, 7) is 3.46. The van der Waals surface area contributed by atoms with E-state index in [4.69, 9.17) is 5.73 Å². The van der Waals surface area contributed by atoms with E-state index >= 15 is 0 Å². The Morgan fingerprint density at radius 3 is 2.61 bits per heavy atom. The van der Waals surface area contributed by atoms with Crippen molar-refractivity contribution < 1.29 is 0 Å². The predicted octanol–water partition coefficient (Wildman–Crippen LogP) is -1.35. The number of aryl methyl sites for hydroxylation is 1. The molecule has 1 aromatic rings. The van der Waals surface area contributed by atoms with Gasteiger partial charge < -0.3 is 10.6 Å². The first-order valence-corrected chi connectivity index (χ1v) is 6.06. The Bertz CT molecular complexity index is 562. The molecule has 0 amide bonds. The standard InChI is InChI=1S/C11H19N5O2/c1-7-6-16(5-4-8(7)12)9-10(17)14(2)11(18)15(3)13-9/h7-8H,4-6,12H2,1-3H3. The third-order valence-corrected chi connectivity index (χ3v) is 3.58. The van der Waals surface area contributed by atoms with Gasteiger partial charge in [0.25, 0.3) is 5.56 Å². The van der Waals surface area contributed by atoms with Crippen LogP contribution in [0, 0.1) is 5.92 Å². The zero-order valence-corrected chi connectivity index (χ0v) is 11.0. The second-order valence-electron chi connectivity index (χ2n) is 4.97. The molecule has 1 aromatic heterocycles. The highest BCUT2D eigenvalue weighted by atomic mass is 16.2. The van der Waals surface area contributed by atoms with Gasteiger partial charge in [0.1, 0.15) is 0 Å². The molecule has 2 atom stereocenters. The van der Waals surface area contributed by atoms with E-state index < -0.39 is 5.69 Å². The van der Waals surface area contributed by atoms with Gasteiger partial charge in [-0.1, -0.05) is 6.92 Å². The van der Waals surface area contributed by atoms with Crippen LogP contribution in [0.15, 0.2) is 9.59 Å². The average molecular weight is 253 g/mol. The van der Waals surface area contributed by atoms with Crippen LogP contribution >= 0.6 is 0 Å². The molecule has 100 valence electrons. The average Bonchev–Trinajstić information content (AvgIpc) is 2.35. The molecular formula is C11H19N5O2. The van der Waals surface area contributed by atoms with E-state index in [2.05, 4.69) is 12.0 Å². The zero-order valence-electron chi connectivity index (χ0n) is 11.0. The molecule has 1 aliphatic heterocycles. The van der Waals surface area contributed by atoms with Gasteiger partial charge in [0.15, 0.2) is 0 Å². The molecule has 0 bridgehead atoms. The topological polar surface area (TPSA) is 86.2 Å². The van der Waals surface area contributed by atoms with Gasteiger partial charge in [0.05, 0.1) is 0 Å². The van der Waals surface area contributed by atoms with Crippen molar-refractivity contribution in [2.24, 2.45) is 25.7 Å². The summed E-state index contributed by atoms with van der Waals surface area (Å²) in [5, 5.41) is 4.07. The summed E-state index contributed by atoms with van der Waals surface area (Å²) < 4.78 is 2.28. The van der Waals surface area contributed by atoms with Gasteiger partial charge in [-0.05, 0) is 12.3 Å². The van der Waals surface area contributed by atoms with Crippen LogP contribution in [0.1, 0.15) is 13.3 Å². The fourth-order valence-electron chi connectivity index (χ4n) is 2.24. The highest BCUT2D eigenvalue weighted by Crippen LogP contribution is 2.17. The van der Waals surface area contributed by atoms with Gasteiger partial charge in [-0.15, -0.1) is 5.10 Å². The SMILES string of the molecule is CC1CN(c2nn(C)c(=O)n(C)c2=O)CCC1N. The number of aromatic nitrogens is 3. The van der Waals surface area contributed by atoms with E-state index in [1.807, 2.05) is 4.90 Å². The highest BCUT2D eigenvalue weighted by molar-refractivity contribution is 5.35. The lowest BCUT2D eigenvalue weighted by Gasteiger charge is -2.35. The molecule has 2 heterocycles. The fraction of sp³-hybridized carbons (Fsp3) is 0.727. The summed E-state index contributed by atoms with van der Waals surface area (Å²) in [5.41, 5.74) is 5.20. The Balaban J connectivity index is 2.41. The maximum atomic E-state index is 12.0. The zero-order chi connectivity index (χ0) is 13.4. The minimum absolute atomic E-state index is 0.164. The molecule has 0 radical (unpaired) electrons. The van der Waals surface area contributed by atoms with E-state index in [1.165, 1.54) is 11.7 Å². The monoisotopic (exact) mass is 253 g/mol. The number of rotatable bonds is 1. The molecule has 0 spiro atoms. The molecule has 1 aliphatic rings. The lowest BCUT2D eigenvalue weighted by atomic mass is 9.95. The Morgan fingerprint density at radius 1 is 1.33 bits per heavy atom. The Labute approximate surface area is 105 Å². The summed E-state index contributed by atoms with van der Waals surface area (Å²) >= 11 is 0. The summed E-state index contributed by atoms with van der Waals surface area (Å²) in [6, 6.07) is 0.164. The lowest BCUT2D eigenvalue weighted by Crippen LogP contribution is -2.50. The van der Waals surface area contributed by atoms with Crippen molar-refractivity contribution in [1.29, 1.82) is 0 Å². The molecule has 7 heteroatoms. The molecule has 18 heavy (non-hydrogen) atoms. The van der Waals surface area contributed by atoms with E-state index in [1.54, 1.807) is 7.05 Å². The molecule has 1 fully saturated rings. The van der Waals surface area contributed by atoms with Crippen molar-refractivity contribution >= 4 is 5.82 Å². The first-order chi connectivity index (χ1) is 8.41. The minimum Gasteiger partial charge on any atom is -0.350 e. The second-order valence-corrected chi connectivity index (χ2v) is 4.97. The van der Waals surface area contributed by atoms with Gasteiger partial charge >= 0.3 is 5.69 Å². The van der Waals surface area contributed by atoms with Gasteiger partial charge in [0.2, 0.25) is 5.82 Å². The predicted molar refractivity (Wildman–Crippen MR) is 68.7 cm³/mol. The fourth-order valence-corrected chi connectivity index (χ4v) is 2.24. The molecule has 7 nitrogen and oxygen atoms in total. The molecule has 0 saturated carbocycles. The quantitative estimate of drug-likeness (QED) is 0.669. The first-order valence-electron chi connectivity index (χ1n) is 6.06. The minimum atomic E-state index is -0.412. The van der Waals surface area contributed by atoms with E-state index in [0.29, 0.717) is 24.8 Å². The van der Waals surface area contributed by atoms with Crippen molar-refractivity contribution in [2.75, 3.05) is 18.0 Å². The Morgan fingerprint density at radius 2 is 2.00 bits per heavy atom. The number of anilines is 1. The molecular weight excluding hydrogens is 234 g/mol. The highest BCUT2D eigenvalue weighted by Gasteiger charge is 2.26. The van der Waals surface area contributed by atoms with Crippen LogP contribution in [-0.4, -0.2) is 33.5 Å². The summed E-state index contributed by atoms with van der Waals surface area (Å²) in [7, 11) is 3.01. The van der Waals surface area contributed by atoms with Crippen LogP contribution in [-0.2, 0) is 14.1 Å². The van der Waals surface area contributed by atoms with Crippen molar-refractivity contribution in [3.8, 4) is 0 Å². The van der Waals surface area contributed by atoms with E-state index in [0.717, 1.165) is 11.0 Å². The number of nitrogens with zero attached hydrogens (tertiary/aromatic N) is 4. The van der Waals surface area contributed by atoms with Crippen LogP contribution in [0.2, 0.25) is 0 Å². The number of hydrogen-bond donors (Lipinski definition) is 1. The van der Waals surface area contributed by atoms with Crippen LogP contribution in [0.5, 0.6) is 0 Å². The Kier molecular flexibility index (Phi) is 3.25. The largest absolute Gasteiger partial charge is 0.350 e.